The molecule has 5 nitrogen and oxygen atoms in total. The van der Waals surface area contributed by atoms with Crippen LogP contribution in [-0.4, -0.2) is 20.8 Å². The van der Waals surface area contributed by atoms with Gasteiger partial charge in [-0.25, -0.2) is 4.98 Å². The summed E-state index contributed by atoms with van der Waals surface area (Å²) in [5, 5.41) is 3.25. The average Bonchev–Trinajstić information content (AvgIpc) is 2.87. The van der Waals surface area contributed by atoms with E-state index in [1.165, 1.54) is 11.5 Å². The van der Waals surface area contributed by atoms with Crippen LogP contribution in [0.25, 0.3) is 0 Å². The second kappa shape index (κ2) is 8.22. The van der Waals surface area contributed by atoms with Crippen LogP contribution in [0.2, 0.25) is 0 Å². The fourth-order valence-electron chi connectivity index (χ4n) is 2.03. The zero-order chi connectivity index (χ0) is 15.3. The van der Waals surface area contributed by atoms with Crippen molar-refractivity contribution < 1.29 is 4.79 Å². The van der Waals surface area contributed by atoms with Crippen LogP contribution in [-0.2, 0) is 11.2 Å². The molecule has 0 aliphatic rings. The van der Waals surface area contributed by atoms with Crippen molar-refractivity contribution >= 4 is 35.0 Å². The molecule has 0 saturated heterocycles. The van der Waals surface area contributed by atoms with Crippen LogP contribution >= 0.6 is 23.9 Å². The lowest BCUT2D eigenvalue weighted by Gasteiger charge is -2.21. The minimum atomic E-state index is -0.875. The SMILES string of the molecule is CCCC(C)(N)C(=O)Nc1nc(Cc2ccccc2)ns1.Cl. The summed E-state index contributed by atoms with van der Waals surface area (Å²) >= 11 is 1.18. The van der Waals surface area contributed by atoms with Gasteiger partial charge in [0.25, 0.3) is 0 Å². The Kier molecular flexibility index (Phi) is 6.93. The van der Waals surface area contributed by atoms with Gasteiger partial charge in [-0.3, -0.25) is 10.1 Å². The third-order valence-electron chi connectivity index (χ3n) is 3.18. The molecule has 3 N–H and O–H groups in total. The molecule has 0 aliphatic heterocycles. The molecule has 120 valence electrons. The predicted octanol–water partition coefficient (Wildman–Crippen LogP) is 3.01. The van der Waals surface area contributed by atoms with Gasteiger partial charge in [-0.05, 0) is 18.9 Å². The van der Waals surface area contributed by atoms with Gasteiger partial charge in [0.05, 0.1) is 5.54 Å². The zero-order valence-corrected chi connectivity index (χ0v) is 14.3. The maximum atomic E-state index is 12.1. The van der Waals surface area contributed by atoms with E-state index in [0.29, 0.717) is 23.8 Å². The molecule has 1 unspecified atom stereocenters. The normalized spacial score (nSPS) is 13.0. The Bertz CT molecular complexity index is 601. The minimum absolute atomic E-state index is 0. The summed E-state index contributed by atoms with van der Waals surface area (Å²) in [6.07, 6.45) is 2.15. The lowest BCUT2D eigenvalue weighted by molar-refractivity contribution is -0.120. The number of hydrogen-bond acceptors (Lipinski definition) is 5. The van der Waals surface area contributed by atoms with E-state index in [-0.39, 0.29) is 18.3 Å². The van der Waals surface area contributed by atoms with Gasteiger partial charge in [-0.15, -0.1) is 12.4 Å². The standard InChI is InChI=1S/C15H20N4OS.ClH/c1-3-9-15(2,16)13(20)18-14-17-12(19-21-14)10-11-7-5-4-6-8-11;/h4-8H,3,9-10,16H2,1-2H3,(H,17,18,19,20);1H. The smallest absolute Gasteiger partial charge is 0.245 e. The molecule has 0 aliphatic carbocycles. The summed E-state index contributed by atoms with van der Waals surface area (Å²) < 4.78 is 4.27. The second-order valence-electron chi connectivity index (χ2n) is 5.30. The van der Waals surface area contributed by atoms with E-state index < -0.39 is 5.54 Å². The summed E-state index contributed by atoms with van der Waals surface area (Å²) in [4.78, 5) is 16.4. The number of hydrogen-bond donors (Lipinski definition) is 2. The van der Waals surface area contributed by atoms with Crippen molar-refractivity contribution in [2.75, 3.05) is 5.32 Å². The molecule has 0 fully saturated rings. The van der Waals surface area contributed by atoms with E-state index in [1.54, 1.807) is 6.92 Å². The highest BCUT2D eigenvalue weighted by molar-refractivity contribution is 7.09. The number of carbonyl (C=O) groups is 1. The van der Waals surface area contributed by atoms with Crippen LogP contribution in [0.1, 0.15) is 38.1 Å². The van der Waals surface area contributed by atoms with Crippen molar-refractivity contribution in [3.8, 4) is 0 Å². The lowest BCUT2D eigenvalue weighted by Crippen LogP contribution is -2.48. The van der Waals surface area contributed by atoms with Gasteiger partial charge >= 0.3 is 0 Å². The molecule has 1 aromatic carbocycles. The number of amides is 1. The Morgan fingerprint density at radius 2 is 2.05 bits per heavy atom. The first-order valence-electron chi connectivity index (χ1n) is 6.98. The quantitative estimate of drug-likeness (QED) is 0.847. The summed E-state index contributed by atoms with van der Waals surface area (Å²) in [7, 11) is 0. The number of rotatable bonds is 6. The van der Waals surface area contributed by atoms with Crippen LogP contribution in [0.15, 0.2) is 30.3 Å². The van der Waals surface area contributed by atoms with Crippen molar-refractivity contribution in [3.05, 3.63) is 41.7 Å². The van der Waals surface area contributed by atoms with Gasteiger partial charge < -0.3 is 5.73 Å². The highest BCUT2D eigenvalue weighted by atomic mass is 35.5. The molecule has 0 saturated carbocycles. The van der Waals surface area contributed by atoms with Crippen LogP contribution in [0.5, 0.6) is 0 Å². The molecule has 0 radical (unpaired) electrons. The zero-order valence-electron chi connectivity index (χ0n) is 12.7. The molecule has 1 amide bonds. The second-order valence-corrected chi connectivity index (χ2v) is 6.05. The monoisotopic (exact) mass is 340 g/mol. The van der Waals surface area contributed by atoms with E-state index in [4.69, 9.17) is 5.73 Å². The molecular formula is C15H21ClN4OS. The number of carbonyl (C=O) groups excluding carboxylic acids is 1. The van der Waals surface area contributed by atoms with Gasteiger partial charge in [-0.2, -0.15) is 4.37 Å². The van der Waals surface area contributed by atoms with Gasteiger partial charge in [0, 0.05) is 18.0 Å². The fourth-order valence-corrected chi connectivity index (χ4v) is 2.61. The summed E-state index contributed by atoms with van der Waals surface area (Å²) in [6.45, 7) is 3.74. The molecule has 2 aromatic rings. The van der Waals surface area contributed by atoms with Crippen molar-refractivity contribution in [2.45, 2.75) is 38.6 Å². The summed E-state index contributed by atoms with van der Waals surface area (Å²) in [6, 6.07) is 9.98. The average molecular weight is 341 g/mol. The molecular weight excluding hydrogens is 320 g/mol. The fraction of sp³-hybridized carbons (Fsp3) is 0.400. The molecule has 0 bridgehead atoms. The van der Waals surface area contributed by atoms with Gasteiger partial charge in [0.15, 0.2) is 0 Å². The van der Waals surface area contributed by atoms with E-state index in [0.717, 1.165) is 12.0 Å². The highest BCUT2D eigenvalue weighted by Crippen LogP contribution is 2.17. The third kappa shape index (κ3) is 5.05. The maximum Gasteiger partial charge on any atom is 0.245 e. The van der Waals surface area contributed by atoms with Crippen molar-refractivity contribution in [1.29, 1.82) is 0 Å². The molecule has 1 aromatic heterocycles. The van der Waals surface area contributed by atoms with Crippen LogP contribution in [0, 0.1) is 0 Å². The predicted molar refractivity (Wildman–Crippen MR) is 92.5 cm³/mol. The minimum Gasteiger partial charge on any atom is -0.318 e. The number of nitrogens with one attached hydrogen (secondary N) is 1. The van der Waals surface area contributed by atoms with Crippen LogP contribution < -0.4 is 11.1 Å². The Balaban J connectivity index is 0.00000242. The van der Waals surface area contributed by atoms with E-state index in [2.05, 4.69) is 14.7 Å². The Labute approximate surface area is 140 Å². The largest absolute Gasteiger partial charge is 0.318 e. The van der Waals surface area contributed by atoms with Gasteiger partial charge in [0.2, 0.25) is 11.0 Å². The van der Waals surface area contributed by atoms with Crippen LogP contribution in [0.3, 0.4) is 0 Å². The van der Waals surface area contributed by atoms with Crippen molar-refractivity contribution in [2.24, 2.45) is 5.73 Å². The number of nitrogens with zero attached hydrogens (tertiary/aromatic N) is 2. The third-order valence-corrected chi connectivity index (χ3v) is 3.85. The molecule has 0 spiro atoms. The topological polar surface area (TPSA) is 80.9 Å². The number of halogens is 1. The first kappa shape index (κ1) is 18.5. The molecule has 22 heavy (non-hydrogen) atoms. The maximum absolute atomic E-state index is 12.1. The Hall–Kier alpha value is -1.50. The summed E-state index contributed by atoms with van der Waals surface area (Å²) in [5.41, 5.74) is 6.26. The van der Waals surface area contributed by atoms with Gasteiger partial charge in [-0.1, -0.05) is 43.7 Å². The number of nitrogens with two attached hydrogens (primary N) is 1. The van der Waals surface area contributed by atoms with Crippen molar-refractivity contribution in [3.63, 3.8) is 0 Å². The van der Waals surface area contributed by atoms with Gasteiger partial charge in [0.1, 0.15) is 5.82 Å². The lowest BCUT2D eigenvalue weighted by atomic mass is 9.97. The Morgan fingerprint density at radius 1 is 1.36 bits per heavy atom. The first-order valence-corrected chi connectivity index (χ1v) is 7.75. The molecule has 1 atom stereocenters. The number of aromatic nitrogens is 2. The first-order chi connectivity index (χ1) is 10.0. The molecule has 2 rings (SSSR count). The van der Waals surface area contributed by atoms with E-state index >= 15 is 0 Å². The van der Waals surface area contributed by atoms with E-state index in [1.807, 2.05) is 37.3 Å². The number of anilines is 1. The van der Waals surface area contributed by atoms with E-state index in [9.17, 15) is 4.79 Å². The molecule has 7 heteroatoms. The Morgan fingerprint density at radius 3 is 2.68 bits per heavy atom. The molecule has 1 heterocycles. The number of benzene rings is 1. The van der Waals surface area contributed by atoms with Crippen LogP contribution in [0.4, 0.5) is 5.13 Å². The summed E-state index contributed by atoms with van der Waals surface area (Å²) in [5.74, 6) is 0.488. The van der Waals surface area contributed by atoms with Crippen molar-refractivity contribution in [1.82, 2.24) is 9.36 Å². The highest BCUT2D eigenvalue weighted by Gasteiger charge is 2.28.